The maximum atomic E-state index is 5.02. The maximum absolute atomic E-state index is 5.02. The van der Waals surface area contributed by atoms with Crippen molar-refractivity contribution in [2.24, 2.45) is 0 Å². The van der Waals surface area contributed by atoms with Crippen LogP contribution in [-0.4, -0.2) is 79.7 Å². The molecule has 16 nitrogen and oxygen atoms in total. The molecule has 4 N–H and O–H groups in total. The number of fused-ring (bicyclic) bond motifs is 40. The van der Waals surface area contributed by atoms with Gasteiger partial charge in [0.2, 0.25) is 0 Å². The second kappa shape index (κ2) is 18.5. The van der Waals surface area contributed by atoms with Crippen LogP contribution in [0.4, 0.5) is 0 Å². The summed E-state index contributed by atoms with van der Waals surface area (Å²) in [4.78, 5) is 73.5. The summed E-state index contributed by atoms with van der Waals surface area (Å²) in [5, 5.41) is 7.64. The molecule has 18 rings (SSSR count). The topological polar surface area (TPSA) is 218 Å². The number of benzene rings is 8. The van der Waals surface area contributed by atoms with Gasteiger partial charge in [0.25, 0.3) is 0 Å². The van der Waals surface area contributed by atoms with Crippen molar-refractivity contribution in [1.29, 1.82) is 0 Å². The average molecular weight is 1170 g/mol. The van der Waals surface area contributed by atoms with Crippen molar-refractivity contribution in [2.45, 2.75) is 0 Å². The van der Waals surface area contributed by atoms with Crippen molar-refractivity contribution >= 4 is 88.3 Å². The van der Waals surface area contributed by atoms with Gasteiger partial charge in [-0.3, -0.25) is 0 Å². The zero-order valence-corrected chi connectivity index (χ0v) is 45.5. The van der Waals surface area contributed by atoms with Gasteiger partial charge >= 0.3 is 0 Å². The molecule has 6 aromatic heterocycles. The summed E-state index contributed by atoms with van der Waals surface area (Å²) in [6.45, 7) is 0. The summed E-state index contributed by atoms with van der Waals surface area (Å²) in [7, 11) is 0. The minimum atomic E-state index is 0. The van der Waals surface area contributed by atoms with Crippen molar-refractivity contribution in [3.8, 4) is 91.1 Å². The van der Waals surface area contributed by atoms with E-state index in [9.17, 15) is 0 Å². The van der Waals surface area contributed by atoms with Gasteiger partial charge < -0.3 is 19.9 Å². The average Bonchev–Trinajstić information content (AvgIpc) is 4.53. The predicted octanol–water partition coefficient (Wildman–Crippen LogP) is 13.7. The molecule has 17 heteroatoms. The van der Waals surface area contributed by atoms with E-state index in [0.717, 1.165) is 87.6 Å². The molecule has 0 fully saturated rings. The third-order valence-electron chi connectivity index (χ3n) is 14.9. The van der Waals surface area contributed by atoms with Crippen LogP contribution >= 0.6 is 0 Å². The number of nitrogens with one attached hydrogen (secondary N) is 4. The van der Waals surface area contributed by atoms with Gasteiger partial charge in [-0.1, -0.05) is 194 Å². The Morgan fingerprint density at radius 3 is 0.420 bits per heavy atom. The Kier molecular flexibility index (Phi) is 10.7. The molecule has 0 saturated heterocycles. The van der Waals surface area contributed by atoms with Crippen molar-refractivity contribution in [1.82, 2.24) is 79.7 Å². The van der Waals surface area contributed by atoms with Crippen LogP contribution in [0.15, 0.2) is 194 Å². The molecule has 14 aromatic rings. The molecule has 0 atom stereocenters. The minimum absolute atomic E-state index is 0. The first-order valence-corrected chi connectivity index (χ1v) is 26.0. The van der Waals surface area contributed by atoms with E-state index >= 15 is 0 Å². The molecule has 0 aliphatic carbocycles. The number of nitrogens with zero attached hydrogens (tertiary/aromatic N) is 12. The number of H-pyrrole nitrogens is 4. The van der Waals surface area contributed by atoms with Crippen LogP contribution in [0, 0.1) is 40.8 Å². The van der Waals surface area contributed by atoms with Crippen molar-refractivity contribution < 1.29 is 40.8 Å². The molecule has 4 aliphatic rings. The van der Waals surface area contributed by atoms with E-state index in [1.807, 2.05) is 194 Å². The zero-order chi connectivity index (χ0) is 52.4. The van der Waals surface area contributed by atoms with Crippen molar-refractivity contribution in [3.63, 3.8) is 0 Å². The number of hydrogen-bond acceptors (Lipinski definition) is 12. The quantitative estimate of drug-likeness (QED) is 0.111. The Morgan fingerprint density at radius 2 is 0.284 bits per heavy atom. The monoisotopic (exact) mass is 1170 g/mol. The first-order valence-electron chi connectivity index (χ1n) is 26.0. The van der Waals surface area contributed by atoms with Crippen molar-refractivity contribution in [2.75, 3.05) is 0 Å². The van der Waals surface area contributed by atoms with E-state index in [2.05, 4.69) is 19.9 Å². The SMILES string of the molecule is [Nd].c1ccc2c(c1)-c1nc-2nc2[nH]c(nc3nc(nc4[nH]c(n1)c1ccccc41)-c1ccccc1-3)c1ccccc21.c1ccc2c(c1)-c1nc-2nc2[nH]c(nc3nc(nc4[nH]c(n1)c1ccccc41)-c1ccccc1-3)c1ccccc21. The fourth-order valence-electron chi connectivity index (χ4n) is 11.2. The van der Waals surface area contributed by atoms with E-state index in [1.54, 1.807) is 0 Å². The zero-order valence-electron chi connectivity index (χ0n) is 42.3. The number of aromatic nitrogens is 16. The standard InChI is InChI=1S/2C32H18N8.Nd/c2*1-2-10-18-17(9-1)25-33-26(18)38-28-21-13-5-6-14-22(21)30(35-28)40-32-24-16-8-7-15-23(24)31(36-32)39-29-20-12-4-3-11-19(20)27(34-29)37-25;/h2*1-16H,(H2,33,34,35,36,37,38,39,40);. The van der Waals surface area contributed by atoms with Crippen LogP contribution in [0.5, 0.6) is 0 Å². The fraction of sp³-hybridized carbons (Fsp3) is 0. The molecule has 8 aromatic carbocycles. The van der Waals surface area contributed by atoms with Crippen LogP contribution in [0.1, 0.15) is 0 Å². The normalized spacial score (nSPS) is 11.9. The first kappa shape index (κ1) is 46.9. The van der Waals surface area contributed by atoms with Crippen LogP contribution in [0.25, 0.3) is 179 Å². The Hall–Kier alpha value is -10.2. The number of rotatable bonds is 0. The molecule has 0 amide bonds. The van der Waals surface area contributed by atoms with E-state index in [1.165, 1.54) is 0 Å². The second-order valence-corrected chi connectivity index (χ2v) is 19.6. The van der Waals surface area contributed by atoms with E-state index in [-0.39, 0.29) is 40.8 Å². The van der Waals surface area contributed by atoms with Crippen LogP contribution < -0.4 is 0 Å². The molecule has 10 heterocycles. The molecule has 0 unspecified atom stereocenters. The smallest absolute Gasteiger partial charge is 0.164 e. The fourth-order valence-corrected chi connectivity index (χ4v) is 11.2. The van der Waals surface area contributed by atoms with E-state index < -0.39 is 0 Å². The number of hydrogen-bond donors (Lipinski definition) is 4. The Morgan fingerprint density at radius 1 is 0.160 bits per heavy atom. The molecule has 376 valence electrons. The molecular weight excluding hydrogens is 1140 g/mol. The largest absolute Gasteiger partial charge is 0.324 e. The molecule has 4 aliphatic heterocycles. The van der Waals surface area contributed by atoms with Crippen LogP contribution in [0.3, 0.4) is 0 Å². The van der Waals surface area contributed by atoms with E-state index in [4.69, 9.17) is 59.8 Å². The van der Waals surface area contributed by atoms with Gasteiger partial charge in [-0.15, -0.1) is 0 Å². The van der Waals surface area contributed by atoms with Gasteiger partial charge in [0, 0.05) is 128 Å². The summed E-state index contributed by atoms with van der Waals surface area (Å²) in [5.41, 5.74) is 12.9. The van der Waals surface area contributed by atoms with Crippen LogP contribution in [-0.2, 0) is 0 Å². The summed E-state index contributed by atoms with van der Waals surface area (Å²) >= 11 is 0. The Labute approximate surface area is 490 Å². The second-order valence-electron chi connectivity index (χ2n) is 19.6. The molecule has 16 bridgehead atoms. The third kappa shape index (κ3) is 7.58. The first-order chi connectivity index (χ1) is 39.6. The number of aromatic amines is 4. The van der Waals surface area contributed by atoms with Gasteiger partial charge in [0.05, 0.1) is 0 Å². The summed E-state index contributed by atoms with van der Waals surface area (Å²) in [6.07, 6.45) is 0. The summed E-state index contributed by atoms with van der Waals surface area (Å²) in [5.74, 6) is 4.78. The molecule has 0 radical (unpaired) electrons. The molecule has 0 spiro atoms. The van der Waals surface area contributed by atoms with Gasteiger partial charge in [-0.25, -0.2) is 59.8 Å². The van der Waals surface area contributed by atoms with Gasteiger partial charge in [0.1, 0.15) is 45.2 Å². The Bertz CT molecular complexity index is 4390. The predicted molar refractivity (Wildman–Crippen MR) is 312 cm³/mol. The van der Waals surface area contributed by atoms with Gasteiger partial charge in [-0.2, -0.15) is 0 Å². The summed E-state index contributed by atoms with van der Waals surface area (Å²) in [6, 6.07) is 64.5. The van der Waals surface area contributed by atoms with Gasteiger partial charge in [0.15, 0.2) is 46.6 Å². The third-order valence-corrected chi connectivity index (χ3v) is 14.9. The molecule has 81 heavy (non-hydrogen) atoms. The van der Waals surface area contributed by atoms with Gasteiger partial charge in [-0.05, 0) is 0 Å². The maximum Gasteiger partial charge on any atom is 0.164 e. The molecule has 0 saturated carbocycles. The summed E-state index contributed by atoms with van der Waals surface area (Å²) < 4.78 is 0. The van der Waals surface area contributed by atoms with Crippen LogP contribution in [0.2, 0.25) is 0 Å². The van der Waals surface area contributed by atoms with E-state index in [0.29, 0.717) is 91.8 Å². The minimum Gasteiger partial charge on any atom is -0.324 e. The molecular formula is C64H36N16Nd. The van der Waals surface area contributed by atoms with Crippen molar-refractivity contribution in [3.05, 3.63) is 194 Å². The Balaban J connectivity index is 0.000000132.